The molecule has 2 heterocycles. The topological polar surface area (TPSA) is 46.9 Å². The van der Waals surface area contributed by atoms with Gasteiger partial charge in [-0.25, -0.2) is 9.37 Å². The molecule has 0 aliphatic carbocycles. The van der Waals surface area contributed by atoms with Crippen molar-refractivity contribution in [2.24, 2.45) is 5.92 Å². The number of halogens is 1. The van der Waals surface area contributed by atoms with Gasteiger partial charge in [-0.2, -0.15) is 0 Å². The highest BCUT2D eigenvalue weighted by Crippen LogP contribution is 2.18. The normalized spacial score (nSPS) is 17.3. The molecule has 1 atom stereocenters. The van der Waals surface area contributed by atoms with Crippen LogP contribution in [0.15, 0.2) is 30.6 Å². The quantitative estimate of drug-likeness (QED) is 0.941. The van der Waals surface area contributed by atoms with Crippen LogP contribution in [-0.2, 0) is 13.0 Å². The van der Waals surface area contributed by atoms with Crippen LogP contribution in [0.3, 0.4) is 0 Å². The SMILES string of the molecule is Cc1ccc(F)c(C(=O)NC[C@@H]2CCc3nccn3C2)c1. The van der Waals surface area contributed by atoms with Gasteiger partial charge in [0.25, 0.3) is 5.91 Å². The molecule has 0 radical (unpaired) electrons. The van der Waals surface area contributed by atoms with E-state index in [1.54, 1.807) is 18.3 Å². The summed E-state index contributed by atoms with van der Waals surface area (Å²) in [5.74, 6) is 0.650. The molecule has 0 saturated carbocycles. The number of aryl methyl sites for hydroxylation is 2. The molecule has 0 fully saturated rings. The van der Waals surface area contributed by atoms with Crippen LogP contribution in [0.2, 0.25) is 0 Å². The average molecular weight is 287 g/mol. The monoisotopic (exact) mass is 287 g/mol. The standard InChI is InChI=1S/C16H18FN3O/c1-11-2-4-14(17)13(8-11)16(21)19-9-12-3-5-15-18-6-7-20(15)10-12/h2,4,6-8,12H,3,5,9-10H2,1H3,(H,19,21)/t12-/m0/s1. The molecule has 2 aromatic rings. The third kappa shape index (κ3) is 2.96. The van der Waals surface area contributed by atoms with Crippen molar-refractivity contribution in [1.82, 2.24) is 14.9 Å². The Kier molecular flexibility index (Phi) is 3.73. The van der Waals surface area contributed by atoms with Gasteiger partial charge < -0.3 is 9.88 Å². The number of fused-ring (bicyclic) bond motifs is 1. The number of benzene rings is 1. The first kappa shape index (κ1) is 13.8. The Morgan fingerprint density at radius 3 is 3.24 bits per heavy atom. The van der Waals surface area contributed by atoms with Crippen molar-refractivity contribution in [3.05, 3.63) is 53.4 Å². The fourth-order valence-electron chi connectivity index (χ4n) is 2.75. The Bertz CT molecular complexity index is 665. The molecule has 1 aromatic carbocycles. The van der Waals surface area contributed by atoms with E-state index in [2.05, 4.69) is 14.9 Å². The van der Waals surface area contributed by atoms with Gasteiger partial charge in [-0.1, -0.05) is 11.6 Å². The number of hydrogen-bond acceptors (Lipinski definition) is 2. The van der Waals surface area contributed by atoms with Crippen LogP contribution in [-0.4, -0.2) is 22.0 Å². The van der Waals surface area contributed by atoms with Crippen molar-refractivity contribution < 1.29 is 9.18 Å². The van der Waals surface area contributed by atoms with Gasteiger partial charge in [-0.3, -0.25) is 4.79 Å². The third-order valence-corrected chi connectivity index (χ3v) is 3.95. The number of carbonyl (C=O) groups is 1. The van der Waals surface area contributed by atoms with Crippen LogP contribution < -0.4 is 5.32 Å². The van der Waals surface area contributed by atoms with Crippen LogP contribution >= 0.6 is 0 Å². The maximum atomic E-state index is 13.7. The predicted molar refractivity (Wildman–Crippen MR) is 77.5 cm³/mol. The van der Waals surface area contributed by atoms with Crippen molar-refractivity contribution in [2.45, 2.75) is 26.3 Å². The number of hydrogen-bond donors (Lipinski definition) is 1. The van der Waals surface area contributed by atoms with Gasteiger partial charge in [0.15, 0.2) is 0 Å². The Morgan fingerprint density at radius 2 is 2.38 bits per heavy atom. The second kappa shape index (κ2) is 5.68. The van der Waals surface area contributed by atoms with E-state index in [4.69, 9.17) is 0 Å². The number of amides is 1. The molecule has 1 aromatic heterocycles. The van der Waals surface area contributed by atoms with Gasteiger partial charge in [-0.15, -0.1) is 0 Å². The van der Waals surface area contributed by atoms with E-state index in [9.17, 15) is 9.18 Å². The molecule has 1 aliphatic heterocycles. The second-order valence-electron chi connectivity index (χ2n) is 5.59. The van der Waals surface area contributed by atoms with E-state index in [1.165, 1.54) is 6.07 Å². The van der Waals surface area contributed by atoms with E-state index in [1.807, 2.05) is 13.1 Å². The van der Waals surface area contributed by atoms with E-state index in [-0.39, 0.29) is 11.5 Å². The predicted octanol–water partition coefficient (Wildman–Crippen LogP) is 2.32. The molecule has 0 spiro atoms. The van der Waals surface area contributed by atoms with Gasteiger partial charge in [0, 0.05) is 31.9 Å². The minimum Gasteiger partial charge on any atom is -0.352 e. The summed E-state index contributed by atoms with van der Waals surface area (Å²) in [5, 5.41) is 2.85. The highest BCUT2D eigenvalue weighted by atomic mass is 19.1. The van der Waals surface area contributed by atoms with Gasteiger partial charge in [0.2, 0.25) is 0 Å². The molecule has 4 nitrogen and oxygen atoms in total. The van der Waals surface area contributed by atoms with Crippen LogP contribution in [0, 0.1) is 18.7 Å². The number of rotatable bonds is 3. The lowest BCUT2D eigenvalue weighted by Gasteiger charge is -2.24. The molecular formula is C16H18FN3O. The summed E-state index contributed by atoms with van der Waals surface area (Å²) in [6.07, 6.45) is 5.68. The summed E-state index contributed by atoms with van der Waals surface area (Å²) in [6, 6.07) is 4.58. The summed E-state index contributed by atoms with van der Waals surface area (Å²) in [7, 11) is 0. The van der Waals surface area contributed by atoms with E-state index < -0.39 is 5.82 Å². The number of nitrogens with one attached hydrogen (secondary N) is 1. The minimum atomic E-state index is -0.473. The molecule has 1 amide bonds. The number of aromatic nitrogens is 2. The summed E-state index contributed by atoms with van der Waals surface area (Å²) < 4.78 is 15.8. The van der Waals surface area contributed by atoms with Crippen LogP contribution in [0.1, 0.15) is 28.2 Å². The molecule has 3 rings (SSSR count). The van der Waals surface area contributed by atoms with Gasteiger partial charge >= 0.3 is 0 Å². The highest BCUT2D eigenvalue weighted by molar-refractivity contribution is 5.94. The Morgan fingerprint density at radius 1 is 1.52 bits per heavy atom. The lowest BCUT2D eigenvalue weighted by molar-refractivity contribution is 0.0939. The fraction of sp³-hybridized carbons (Fsp3) is 0.375. The van der Waals surface area contributed by atoms with E-state index in [0.29, 0.717) is 12.5 Å². The van der Waals surface area contributed by atoms with Gasteiger partial charge in [0.05, 0.1) is 5.56 Å². The summed E-state index contributed by atoms with van der Waals surface area (Å²) >= 11 is 0. The largest absolute Gasteiger partial charge is 0.352 e. The Labute approximate surface area is 123 Å². The molecule has 0 saturated heterocycles. The lowest BCUT2D eigenvalue weighted by atomic mass is 9.99. The summed E-state index contributed by atoms with van der Waals surface area (Å²) in [4.78, 5) is 16.4. The zero-order valence-corrected chi connectivity index (χ0v) is 12.0. The lowest BCUT2D eigenvalue weighted by Crippen LogP contribution is -2.34. The van der Waals surface area contributed by atoms with E-state index >= 15 is 0 Å². The molecule has 5 heteroatoms. The zero-order chi connectivity index (χ0) is 14.8. The molecule has 110 valence electrons. The van der Waals surface area contributed by atoms with Crippen molar-refractivity contribution in [1.29, 1.82) is 0 Å². The maximum absolute atomic E-state index is 13.7. The van der Waals surface area contributed by atoms with Crippen molar-refractivity contribution in [3.63, 3.8) is 0 Å². The van der Waals surface area contributed by atoms with Crippen LogP contribution in [0.5, 0.6) is 0 Å². The van der Waals surface area contributed by atoms with Crippen molar-refractivity contribution in [2.75, 3.05) is 6.54 Å². The highest BCUT2D eigenvalue weighted by Gasteiger charge is 2.20. The molecule has 0 unspecified atom stereocenters. The van der Waals surface area contributed by atoms with Crippen LogP contribution in [0.4, 0.5) is 4.39 Å². The first-order valence-electron chi connectivity index (χ1n) is 7.18. The summed E-state index contributed by atoms with van der Waals surface area (Å²) in [6.45, 7) is 3.26. The summed E-state index contributed by atoms with van der Waals surface area (Å²) in [5.41, 5.74) is 0.997. The molecule has 21 heavy (non-hydrogen) atoms. The van der Waals surface area contributed by atoms with Crippen LogP contribution in [0.25, 0.3) is 0 Å². The Hall–Kier alpha value is -2.17. The molecular weight excluding hydrogens is 269 g/mol. The fourth-order valence-corrected chi connectivity index (χ4v) is 2.75. The van der Waals surface area contributed by atoms with E-state index in [0.717, 1.165) is 30.8 Å². The molecule has 1 aliphatic rings. The van der Waals surface area contributed by atoms with Gasteiger partial charge in [0.1, 0.15) is 11.6 Å². The third-order valence-electron chi connectivity index (χ3n) is 3.95. The number of carbonyl (C=O) groups excluding carboxylic acids is 1. The number of imidazole rings is 1. The zero-order valence-electron chi connectivity index (χ0n) is 12.0. The Balaban J connectivity index is 1.61. The minimum absolute atomic E-state index is 0.120. The maximum Gasteiger partial charge on any atom is 0.254 e. The van der Waals surface area contributed by atoms with Crippen molar-refractivity contribution >= 4 is 5.91 Å². The first-order chi connectivity index (χ1) is 10.1. The molecule has 0 bridgehead atoms. The average Bonchev–Trinajstić information content (AvgIpc) is 2.94. The second-order valence-corrected chi connectivity index (χ2v) is 5.59. The first-order valence-corrected chi connectivity index (χ1v) is 7.18. The van der Waals surface area contributed by atoms with Gasteiger partial charge in [-0.05, 0) is 31.4 Å². The van der Waals surface area contributed by atoms with Crippen molar-refractivity contribution in [3.8, 4) is 0 Å². The smallest absolute Gasteiger partial charge is 0.254 e. The number of nitrogens with zero attached hydrogens (tertiary/aromatic N) is 2. The molecule has 1 N–H and O–H groups in total.